The van der Waals surface area contributed by atoms with Crippen molar-refractivity contribution in [3.63, 3.8) is 0 Å². The van der Waals surface area contributed by atoms with Gasteiger partial charge in [0.15, 0.2) is 0 Å². The van der Waals surface area contributed by atoms with Gasteiger partial charge >= 0.3 is 0 Å². The van der Waals surface area contributed by atoms with Crippen molar-refractivity contribution in [3.8, 4) is 0 Å². The number of anilines is 1. The number of nitrogens with zero attached hydrogens (tertiary/aromatic N) is 1. The first-order valence-electron chi connectivity index (χ1n) is 11.2. The van der Waals surface area contributed by atoms with E-state index in [1.807, 2.05) is 0 Å². The Balaban J connectivity index is 1.61. The molecule has 3 N–H and O–H groups in total. The quantitative estimate of drug-likeness (QED) is 0.328. The van der Waals surface area contributed by atoms with E-state index in [0.717, 1.165) is 45.7 Å². The molecule has 4 aromatic carbocycles. The summed E-state index contributed by atoms with van der Waals surface area (Å²) in [6, 6.07) is 24.5. The van der Waals surface area contributed by atoms with Crippen LogP contribution in [0.5, 0.6) is 0 Å². The normalized spacial score (nSPS) is 17.1. The summed E-state index contributed by atoms with van der Waals surface area (Å²) in [7, 11) is 0. The SMILES string of the molecule is c1ccc2cc3c(ccc4cccc(N5CCCNCCCNCCN5)c43)cc2c1. The predicted octanol–water partition coefficient (Wildman–Crippen LogP) is 4.43. The molecule has 0 saturated carbocycles. The van der Waals surface area contributed by atoms with Crippen molar-refractivity contribution in [2.24, 2.45) is 0 Å². The lowest BCUT2D eigenvalue weighted by atomic mass is 9.97. The summed E-state index contributed by atoms with van der Waals surface area (Å²) in [6.45, 7) is 6.10. The Labute approximate surface area is 178 Å². The minimum atomic E-state index is 0.928. The highest BCUT2D eigenvalue weighted by atomic mass is 15.5. The van der Waals surface area contributed by atoms with Gasteiger partial charge in [-0.25, -0.2) is 5.43 Å². The molecule has 5 rings (SSSR count). The van der Waals surface area contributed by atoms with Gasteiger partial charge in [0.1, 0.15) is 0 Å². The number of hydrazine groups is 1. The smallest absolute Gasteiger partial charge is 0.0604 e. The molecule has 0 atom stereocenters. The molecule has 0 bridgehead atoms. The van der Waals surface area contributed by atoms with Crippen LogP contribution in [-0.4, -0.2) is 39.3 Å². The molecule has 4 nitrogen and oxygen atoms in total. The lowest BCUT2D eigenvalue weighted by Gasteiger charge is -2.28. The van der Waals surface area contributed by atoms with Crippen molar-refractivity contribution in [1.82, 2.24) is 16.1 Å². The maximum atomic E-state index is 3.69. The molecule has 0 amide bonds. The summed E-state index contributed by atoms with van der Waals surface area (Å²) < 4.78 is 0. The molecule has 1 saturated heterocycles. The zero-order valence-corrected chi connectivity index (χ0v) is 17.5. The van der Waals surface area contributed by atoms with E-state index < -0.39 is 0 Å². The molecular weight excluding hydrogens is 368 g/mol. The molecule has 0 radical (unpaired) electrons. The van der Waals surface area contributed by atoms with Crippen molar-refractivity contribution < 1.29 is 0 Å². The van der Waals surface area contributed by atoms with Crippen LogP contribution in [0.15, 0.2) is 66.7 Å². The lowest BCUT2D eigenvalue weighted by molar-refractivity contribution is 0.523. The molecule has 1 fully saturated rings. The Morgan fingerprint density at radius 2 is 1.33 bits per heavy atom. The fourth-order valence-electron chi connectivity index (χ4n) is 4.52. The van der Waals surface area contributed by atoms with Gasteiger partial charge in [-0.1, -0.05) is 48.5 Å². The predicted molar refractivity (Wildman–Crippen MR) is 129 cm³/mol. The van der Waals surface area contributed by atoms with Gasteiger partial charge in [0, 0.05) is 25.0 Å². The van der Waals surface area contributed by atoms with E-state index in [-0.39, 0.29) is 0 Å². The monoisotopic (exact) mass is 398 g/mol. The van der Waals surface area contributed by atoms with Crippen molar-refractivity contribution in [1.29, 1.82) is 0 Å². The first-order valence-corrected chi connectivity index (χ1v) is 11.2. The topological polar surface area (TPSA) is 39.3 Å². The number of hydrogen-bond acceptors (Lipinski definition) is 4. The number of fused-ring (bicyclic) bond motifs is 4. The van der Waals surface area contributed by atoms with E-state index in [4.69, 9.17) is 0 Å². The van der Waals surface area contributed by atoms with Crippen LogP contribution < -0.4 is 21.1 Å². The van der Waals surface area contributed by atoms with Crippen LogP contribution >= 0.6 is 0 Å². The van der Waals surface area contributed by atoms with E-state index in [1.165, 1.54) is 44.4 Å². The standard InChI is InChI=1S/C26H30N4/c1-2-7-22-19-24-23(18-21(22)6-1)11-10-20-8-3-9-25(26(20)24)30-17-5-14-27-12-4-13-28-15-16-29-30/h1-3,6-11,18-19,27-29H,4-5,12-17H2. The van der Waals surface area contributed by atoms with Crippen molar-refractivity contribution >= 4 is 38.0 Å². The summed E-state index contributed by atoms with van der Waals surface area (Å²) in [5, 5.41) is 17.3. The molecule has 154 valence electrons. The maximum absolute atomic E-state index is 3.69. The second-order valence-electron chi connectivity index (χ2n) is 8.13. The van der Waals surface area contributed by atoms with Crippen LogP contribution in [-0.2, 0) is 0 Å². The van der Waals surface area contributed by atoms with E-state index in [2.05, 4.69) is 87.8 Å². The molecule has 4 aromatic rings. The molecule has 1 aliphatic heterocycles. The van der Waals surface area contributed by atoms with Crippen LogP contribution in [0.2, 0.25) is 0 Å². The molecule has 0 aliphatic carbocycles. The summed E-state index contributed by atoms with van der Waals surface area (Å²) in [4.78, 5) is 0. The highest BCUT2D eigenvalue weighted by Gasteiger charge is 2.13. The van der Waals surface area contributed by atoms with Crippen molar-refractivity contribution in [3.05, 3.63) is 66.7 Å². The number of hydrogen-bond donors (Lipinski definition) is 3. The minimum Gasteiger partial charge on any atom is -0.317 e. The molecule has 0 aromatic heterocycles. The second-order valence-corrected chi connectivity index (χ2v) is 8.13. The average Bonchev–Trinajstić information content (AvgIpc) is 2.78. The first kappa shape index (κ1) is 19.3. The van der Waals surface area contributed by atoms with Crippen LogP contribution in [0, 0.1) is 0 Å². The molecule has 4 heteroatoms. The van der Waals surface area contributed by atoms with Crippen LogP contribution in [0.4, 0.5) is 5.69 Å². The van der Waals surface area contributed by atoms with Gasteiger partial charge in [0.2, 0.25) is 0 Å². The van der Waals surface area contributed by atoms with E-state index in [1.54, 1.807) is 0 Å². The number of benzene rings is 4. The van der Waals surface area contributed by atoms with Crippen molar-refractivity contribution in [2.45, 2.75) is 12.8 Å². The van der Waals surface area contributed by atoms with Crippen LogP contribution in [0.1, 0.15) is 12.8 Å². The van der Waals surface area contributed by atoms with E-state index in [9.17, 15) is 0 Å². The fourth-order valence-corrected chi connectivity index (χ4v) is 4.52. The van der Waals surface area contributed by atoms with Crippen LogP contribution in [0.25, 0.3) is 32.3 Å². The summed E-state index contributed by atoms with van der Waals surface area (Å²) >= 11 is 0. The van der Waals surface area contributed by atoms with Gasteiger partial charge in [-0.3, -0.25) is 0 Å². The van der Waals surface area contributed by atoms with Gasteiger partial charge in [-0.05, 0) is 77.6 Å². The van der Waals surface area contributed by atoms with E-state index in [0.29, 0.717) is 0 Å². The Hall–Kier alpha value is -2.66. The number of rotatable bonds is 1. The molecule has 0 unspecified atom stereocenters. The zero-order chi connectivity index (χ0) is 20.2. The Morgan fingerprint density at radius 3 is 2.23 bits per heavy atom. The minimum absolute atomic E-state index is 0.928. The lowest BCUT2D eigenvalue weighted by Crippen LogP contribution is -2.44. The van der Waals surface area contributed by atoms with E-state index >= 15 is 0 Å². The molecule has 1 heterocycles. The van der Waals surface area contributed by atoms with Gasteiger partial charge < -0.3 is 15.6 Å². The summed E-state index contributed by atoms with van der Waals surface area (Å²) in [5.74, 6) is 0. The summed E-state index contributed by atoms with van der Waals surface area (Å²) in [6.07, 6.45) is 2.30. The Bertz CT molecular complexity index is 1140. The fraction of sp³-hybridized carbons (Fsp3) is 0.308. The first-order chi connectivity index (χ1) is 14.9. The third-order valence-electron chi connectivity index (χ3n) is 6.04. The van der Waals surface area contributed by atoms with Gasteiger partial charge in [0.05, 0.1) is 5.69 Å². The highest BCUT2D eigenvalue weighted by Crippen LogP contribution is 2.35. The Morgan fingerprint density at radius 1 is 0.600 bits per heavy atom. The third kappa shape index (κ3) is 3.99. The largest absolute Gasteiger partial charge is 0.317 e. The highest BCUT2D eigenvalue weighted by molar-refractivity contribution is 6.16. The summed E-state index contributed by atoms with van der Waals surface area (Å²) in [5.41, 5.74) is 4.96. The second kappa shape index (κ2) is 9.00. The van der Waals surface area contributed by atoms with Crippen LogP contribution in [0.3, 0.4) is 0 Å². The molecule has 30 heavy (non-hydrogen) atoms. The van der Waals surface area contributed by atoms with Gasteiger partial charge in [-0.2, -0.15) is 0 Å². The zero-order valence-electron chi connectivity index (χ0n) is 17.5. The molecule has 1 aliphatic rings. The maximum Gasteiger partial charge on any atom is 0.0604 e. The molecule has 0 spiro atoms. The van der Waals surface area contributed by atoms with Crippen molar-refractivity contribution in [2.75, 3.05) is 44.3 Å². The number of nitrogens with one attached hydrogen (secondary N) is 3. The molecular formula is C26H30N4. The average molecular weight is 399 g/mol. The van der Waals surface area contributed by atoms with Gasteiger partial charge in [-0.15, -0.1) is 0 Å². The Kier molecular flexibility index (Phi) is 5.80. The van der Waals surface area contributed by atoms with Gasteiger partial charge in [0.25, 0.3) is 0 Å². The third-order valence-corrected chi connectivity index (χ3v) is 6.04.